The van der Waals surface area contributed by atoms with Crippen LogP contribution in [0, 0.1) is 0 Å². The average Bonchev–Trinajstić information content (AvgIpc) is 2.34. The van der Waals surface area contributed by atoms with Gasteiger partial charge in [0.25, 0.3) is 0 Å². The minimum absolute atomic E-state index is 0.336. The highest BCUT2D eigenvalue weighted by atomic mass is 35.5. The van der Waals surface area contributed by atoms with Crippen LogP contribution in [0.2, 0.25) is 5.02 Å². The number of hydrogen-bond acceptors (Lipinski definition) is 4. The molecule has 1 atom stereocenters. The van der Waals surface area contributed by atoms with Gasteiger partial charge in [0.05, 0.1) is 6.21 Å². The number of halogens is 1. The Hall–Kier alpha value is -1.10. The summed E-state index contributed by atoms with van der Waals surface area (Å²) >= 11 is 5.76. The monoisotopic (exact) mass is 270 g/mol. The third-order valence-electron chi connectivity index (χ3n) is 2.19. The second-order valence-electron chi connectivity index (χ2n) is 4.28. The third-order valence-corrected chi connectivity index (χ3v) is 2.44. The van der Waals surface area contributed by atoms with Crippen LogP contribution in [0.25, 0.3) is 0 Å². The third kappa shape index (κ3) is 6.59. The quantitative estimate of drug-likeness (QED) is 0.590. The summed E-state index contributed by atoms with van der Waals surface area (Å²) in [6, 6.07) is 7.67. The van der Waals surface area contributed by atoms with Crippen LogP contribution in [0.3, 0.4) is 0 Å². The van der Waals surface area contributed by atoms with Gasteiger partial charge in [0.1, 0.15) is 12.7 Å². The van der Waals surface area contributed by atoms with Crippen molar-refractivity contribution < 1.29 is 9.94 Å². The minimum Gasteiger partial charge on any atom is -0.391 e. The first-order valence-electron chi connectivity index (χ1n) is 5.89. The first-order valence-corrected chi connectivity index (χ1v) is 6.27. The second kappa shape index (κ2) is 8.08. The smallest absolute Gasteiger partial charge is 0.142 e. The summed E-state index contributed by atoms with van der Waals surface area (Å²) in [5, 5.41) is 17.0. The Kier molecular flexibility index (Phi) is 6.72. The lowest BCUT2D eigenvalue weighted by molar-refractivity contribution is 0.127. The van der Waals surface area contributed by atoms with Crippen LogP contribution in [0.5, 0.6) is 0 Å². The summed E-state index contributed by atoms with van der Waals surface area (Å²) in [6.45, 7) is 4.85. The molecule has 0 fully saturated rings. The molecule has 0 bridgehead atoms. The van der Waals surface area contributed by atoms with Crippen LogP contribution in [-0.4, -0.2) is 30.0 Å². The van der Waals surface area contributed by atoms with Gasteiger partial charge in [-0.05, 0) is 17.7 Å². The summed E-state index contributed by atoms with van der Waals surface area (Å²) in [5.74, 6) is 0. The number of rotatable bonds is 7. The van der Waals surface area contributed by atoms with Crippen LogP contribution in [0.4, 0.5) is 0 Å². The molecule has 0 aliphatic rings. The van der Waals surface area contributed by atoms with E-state index in [9.17, 15) is 5.11 Å². The SMILES string of the molecule is CC(C)NC[C@H](O)/C=N\OCc1ccc(Cl)cc1. The van der Waals surface area contributed by atoms with Crippen molar-refractivity contribution in [3.8, 4) is 0 Å². The Bertz CT molecular complexity index is 366. The lowest BCUT2D eigenvalue weighted by Crippen LogP contribution is -2.32. The van der Waals surface area contributed by atoms with Gasteiger partial charge in [-0.15, -0.1) is 0 Å². The van der Waals surface area contributed by atoms with Crippen molar-refractivity contribution in [3.05, 3.63) is 34.9 Å². The molecule has 0 saturated heterocycles. The largest absolute Gasteiger partial charge is 0.391 e. The topological polar surface area (TPSA) is 53.8 Å². The van der Waals surface area contributed by atoms with Crippen LogP contribution < -0.4 is 5.32 Å². The lowest BCUT2D eigenvalue weighted by Gasteiger charge is -2.09. The molecule has 0 saturated carbocycles. The fourth-order valence-electron chi connectivity index (χ4n) is 1.21. The van der Waals surface area contributed by atoms with Crippen LogP contribution >= 0.6 is 11.6 Å². The van der Waals surface area contributed by atoms with E-state index in [-0.39, 0.29) is 0 Å². The summed E-state index contributed by atoms with van der Waals surface area (Å²) in [6.07, 6.45) is 0.739. The van der Waals surface area contributed by atoms with Crippen molar-refractivity contribution in [2.75, 3.05) is 6.54 Å². The van der Waals surface area contributed by atoms with Crippen molar-refractivity contribution in [1.82, 2.24) is 5.32 Å². The van der Waals surface area contributed by atoms with Gasteiger partial charge in [-0.25, -0.2) is 0 Å². The number of nitrogens with one attached hydrogen (secondary N) is 1. The van der Waals surface area contributed by atoms with E-state index < -0.39 is 6.10 Å². The fraction of sp³-hybridized carbons (Fsp3) is 0.462. The normalized spacial score (nSPS) is 13.2. The highest BCUT2D eigenvalue weighted by Crippen LogP contribution is 2.10. The standard InChI is InChI=1S/C13H19ClN2O2/c1-10(2)15-7-13(17)8-16-18-9-11-3-5-12(14)6-4-11/h3-6,8,10,13,15,17H,7,9H2,1-2H3/b16-8-/t13-/m0/s1. The van der Waals surface area contributed by atoms with E-state index in [1.165, 1.54) is 6.21 Å². The van der Waals surface area contributed by atoms with E-state index in [0.29, 0.717) is 24.2 Å². The van der Waals surface area contributed by atoms with E-state index in [1.54, 1.807) is 12.1 Å². The first kappa shape index (κ1) is 15.0. The maximum atomic E-state index is 9.52. The number of oxime groups is 1. The molecule has 5 heteroatoms. The second-order valence-corrected chi connectivity index (χ2v) is 4.72. The zero-order valence-electron chi connectivity index (χ0n) is 10.6. The molecule has 2 N–H and O–H groups in total. The van der Waals surface area contributed by atoms with Gasteiger partial charge in [0.2, 0.25) is 0 Å². The Morgan fingerprint density at radius 3 is 2.67 bits per heavy atom. The summed E-state index contributed by atoms with van der Waals surface area (Å²) in [4.78, 5) is 5.08. The average molecular weight is 271 g/mol. The summed E-state index contributed by atoms with van der Waals surface area (Å²) < 4.78 is 0. The molecule has 1 rings (SSSR count). The highest BCUT2D eigenvalue weighted by Gasteiger charge is 2.00. The Labute approximate surface area is 113 Å². The number of benzene rings is 1. The predicted octanol–water partition coefficient (Wildman–Crippen LogP) is 2.20. The van der Waals surface area contributed by atoms with Gasteiger partial charge in [-0.1, -0.05) is 42.7 Å². The molecule has 18 heavy (non-hydrogen) atoms. The number of aliphatic hydroxyl groups excluding tert-OH is 1. The zero-order chi connectivity index (χ0) is 13.4. The molecule has 0 unspecified atom stereocenters. The molecule has 1 aromatic carbocycles. The van der Waals surface area contributed by atoms with Crippen molar-refractivity contribution in [1.29, 1.82) is 0 Å². The molecule has 100 valence electrons. The molecular formula is C13H19ClN2O2. The van der Waals surface area contributed by atoms with Gasteiger partial charge in [0.15, 0.2) is 0 Å². The highest BCUT2D eigenvalue weighted by molar-refractivity contribution is 6.30. The van der Waals surface area contributed by atoms with Crippen molar-refractivity contribution in [2.24, 2.45) is 5.16 Å². The number of nitrogens with zero attached hydrogens (tertiary/aromatic N) is 1. The summed E-state index contributed by atoms with van der Waals surface area (Å²) in [7, 11) is 0. The van der Waals surface area contributed by atoms with E-state index in [2.05, 4.69) is 10.5 Å². The van der Waals surface area contributed by atoms with E-state index in [1.807, 2.05) is 26.0 Å². The number of aliphatic hydroxyl groups is 1. The van der Waals surface area contributed by atoms with E-state index >= 15 is 0 Å². The maximum absolute atomic E-state index is 9.52. The van der Waals surface area contributed by atoms with Gasteiger partial charge < -0.3 is 15.3 Å². The molecule has 0 radical (unpaired) electrons. The molecular weight excluding hydrogens is 252 g/mol. The molecule has 0 spiro atoms. The van der Waals surface area contributed by atoms with Crippen LogP contribution in [0.1, 0.15) is 19.4 Å². The molecule has 0 aliphatic carbocycles. The lowest BCUT2D eigenvalue weighted by atomic mass is 10.2. The van der Waals surface area contributed by atoms with Crippen molar-refractivity contribution >= 4 is 17.8 Å². The van der Waals surface area contributed by atoms with Crippen LogP contribution in [-0.2, 0) is 11.4 Å². The molecule has 0 aliphatic heterocycles. The first-order chi connectivity index (χ1) is 8.58. The van der Waals surface area contributed by atoms with E-state index in [0.717, 1.165) is 5.56 Å². The Morgan fingerprint density at radius 2 is 2.06 bits per heavy atom. The maximum Gasteiger partial charge on any atom is 0.142 e. The van der Waals surface area contributed by atoms with Gasteiger partial charge >= 0.3 is 0 Å². The van der Waals surface area contributed by atoms with Crippen molar-refractivity contribution in [2.45, 2.75) is 32.6 Å². The number of hydrogen-bond donors (Lipinski definition) is 2. The molecule has 0 heterocycles. The fourth-order valence-corrected chi connectivity index (χ4v) is 1.34. The van der Waals surface area contributed by atoms with Gasteiger partial charge in [0, 0.05) is 17.6 Å². The van der Waals surface area contributed by atoms with Gasteiger partial charge in [-0.3, -0.25) is 0 Å². The molecule has 4 nitrogen and oxygen atoms in total. The minimum atomic E-state index is -0.641. The molecule has 1 aromatic rings. The Morgan fingerprint density at radius 1 is 1.39 bits per heavy atom. The molecule has 0 aromatic heterocycles. The van der Waals surface area contributed by atoms with E-state index in [4.69, 9.17) is 16.4 Å². The molecule has 0 amide bonds. The zero-order valence-corrected chi connectivity index (χ0v) is 11.4. The van der Waals surface area contributed by atoms with Gasteiger partial charge in [-0.2, -0.15) is 0 Å². The van der Waals surface area contributed by atoms with Crippen molar-refractivity contribution in [3.63, 3.8) is 0 Å². The Balaban J connectivity index is 2.22. The summed E-state index contributed by atoms with van der Waals surface area (Å²) in [5.41, 5.74) is 0.978. The van der Waals surface area contributed by atoms with Crippen LogP contribution in [0.15, 0.2) is 29.4 Å². The predicted molar refractivity (Wildman–Crippen MR) is 73.9 cm³/mol.